The van der Waals surface area contributed by atoms with E-state index in [1.807, 2.05) is 18.2 Å². The van der Waals surface area contributed by atoms with Crippen LogP contribution in [-0.2, 0) is 9.59 Å². The fraction of sp³-hybridized carbons (Fsp3) is 0.0714. The van der Waals surface area contributed by atoms with E-state index in [1.54, 1.807) is 24.3 Å². The summed E-state index contributed by atoms with van der Waals surface area (Å²) in [7, 11) is 1.31. The molecule has 5 nitrogen and oxygen atoms in total. The quantitative estimate of drug-likeness (QED) is 0.221. The molecule has 1 N–H and O–H groups in total. The number of aliphatic hydroxyl groups is 1. The number of ketones is 1. The van der Waals surface area contributed by atoms with Crippen molar-refractivity contribution < 1.29 is 32.6 Å². The van der Waals surface area contributed by atoms with Gasteiger partial charge >= 0.3 is 0 Å². The molecule has 1 amide bonds. The van der Waals surface area contributed by atoms with Crippen molar-refractivity contribution in [3.63, 3.8) is 0 Å². The maximum atomic E-state index is 14.2. The number of carbonyl (C=O) groups is 2. The molecule has 1 atom stereocenters. The van der Waals surface area contributed by atoms with Crippen LogP contribution in [0.4, 0.5) is 18.9 Å². The number of Topliss-reactive ketones (excluding diaryl/α,β-unsaturated/α-hetero) is 1. The number of methoxy groups -OCH3 is 1. The highest BCUT2D eigenvalue weighted by Gasteiger charge is 2.47. The van der Waals surface area contributed by atoms with E-state index >= 15 is 0 Å². The lowest BCUT2D eigenvalue weighted by atomic mass is 9.91. The first-order valence-electron chi connectivity index (χ1n) is 10.9. The highest BCUT2D eigenvalue weighted by molar-refractivity contribution is 6.52. The standard InChI is InChI=1S/C28H18F3NO4/c1-36-23-12-9-16(29)13-20(23)26(33)24-25(19-8-4-6-15-5-2-3-7-18(15)19)32(28(35)27(24)34)17-10-11-21(30)22(31)14-17/h2-14,25,33H,1H3/b26-24+. The first-order valence-corrected chi connectivity index (χ1v) is 10.9. The van der Waals surface area contributed by atoms with Crippen LogP contribution in [0.25, 0.3) is 16.5 Å². The number of hydrogen-bond acceptors (Lipinski definition) is 4. The molecule has 0 spiro atoms. The third kappa shape index (κ3) is 3.67. The molecule has 5 rings (SSSR count). The third-order valence-corrected chi connectivity index (χ3v) is 6.16. The van der Waals surface area contributed by atoms with Crippen LogP contribution in [-0.4, -0.2) is 23.9 Å². The Morgan fingerprint density at radius 3 is 2.39 bits per heavy atom. The maximum Gasteiger partial charge on any atom is 0.300 e. The molecule has 0 aliphatic carbocycles. The predicted molar refractivity (Wildman–Crippen MR) is 128 cm³/mol. The number of anilines is 1. The number of rotatable bonds is 4. The maximum absolute atomic E-state index is 14.2. The van der Waals surface area contributed by atoms with Crippen LogP contribution in [0.5, 0.6) is 5.75 Å². The Morgan fingerprint density at radius 1 is 0.889 bits per heavy atom. The predicted octanol–water partition coefficient (Wildman–Crippen LogP) is 5.89. The summed E-state index contributed by atoms with van der Waals surface area (Å²) in [6.45, 7) is 0. The summed E-state index contributed by atoms with van der Waals surface area (Å²) in [5, 5.41) is 12.8. The molecule has 1 unspecified atom stereocenters. The van der Waals surface area contributed by atoms with Gasteiger partial charge in [0, 0.05) is 11.8 Å². The van der Waals surface area contributed by atoms with E-state index in [-0.39, 0.29) is 22.6 Å². The van der Waals surface area contributed by atoms with Gasteiger partial charge in [0.2, 0.25) is 0 Å². The Balaban J connectivity index is 1.84. The lowest BCUT2D eigenvalue weighted by Crippen LogP contribution is -2.29. The minimum atomic E-state index is -1.23. The molecule has 4 aromatic carbocycles. The van der Waals surface area contributed by atoms with Gasteiger partial charge in [0.15, 0.2) is 11.6 Å². The zero-order chi connectivity index (χ0) is 25.6. The first kappa shape index (κ1) is 23.2. The van der Waals surface area contributed by atoms with Gasteiger partial charge in [-0.1, -0.05) is 42.5 Å². The van der Waals surface area contributed by atoms with Gasteiger partial charge in [-0.05, 0) is 46.7 Å². The summed E-state index contributed by atoms with van der Waals surface area (Å²) in [5.41, 5.74) is -0.107. The Hall–Kier alpha value is -4.59. The number of benzene rings is 4. The van der Waals surface area contributed by atoms with E-state index in [0.29, 0.717) is 10.9 Å². The molecule has 1 aliphatic heterocycles. The van der Waals surface area contributed by atoms with Crippen LogP contribution in [0.15, 0.2) is 84.4 Å². The van der Waals surface area contributed by atoms with Crippen LogP contribution in [0, 0.1) is 17.5 Å². The van der Waals surface area contributed by atoms with Gasteiger partial charge in [0.1, 0.15) is 17.3 Å². The molecule has 0 bridgehead atoms. The van der Waals surface area contributed by atoms with Gasteiger partial charge in [-0.15, -0.1) is 0 Å². The molecule has 36 heavy (non-hydrogen) atoms. The second kappa shape index (κ2) is 8.88. The van der Waals surface area contributed by atoms with E-state index in [2.05, 4.69) is 0 Å². The Labute approximate surface area is 203 Å². The molecule has 0 saturated carbocycles. The molecular weight excluding hydrogens is 471 g/mol. The van der Waals surface area contributed by atoms with Crippen molar-refractivity contribution in [2.75, 3.05) is 12.0 Å². The minimum Gasteiger partial charge on any atom is -0.507 e. The second-order valence-corrected chi connectivity index (χ2v) is 8.18. The molecule has 1 fully saturated rings. The van der Waals surface area contributed by atoms with E-state index in [4.69, 9.17) is 4.74 Å². The van der Waals surface area contributed by atoms with Crippen molar-refractivity contribution in [1.29, 1.82) is 0 Å². The van der Waals surface area contributed by atoms with E-state index in [0.717, 1.165) is 34.6 Å². The molecule has 4 aromatic rings. The first-order chi connectivity index (χ1) is 17.3. The van der Waals surface area contributed by atoms with Crippen LogP contribution in [0.1, 0.15) is 17.2 Å². The fourth-order valence-corrected chi connectivity index (χ4v) is 4.53. The summed E-state index contributed by atoms with van der Waals surface area (Å²) in [5.74, 6) is -5.75. The van der Waals surface area contributed by atoms with Gasteiger partial charge in [-0.2, -0.15) is 0 Å². The van der Waals surface area contributed by atoms with Gasteiger partial charge in [0.05, 0.1) is 24.3 Å². The average Bonchev–Trinajstić information content (AvgIpc) is 3.15. The van der Waals surface area contributed by atoms with Crippen molar-refractivity contribution in [2.45, 2.75) is 6.04 Å². The number of fused-ring (bicyclic) bond motifs is 1. The van der Waals surface area contributed by atoms with Crippen LogP contribution in [0.3, 0.4) is 0 Å². The normalized spacial score (nSPS) is 17.1. The van der Waals surface area contributed by atoms with E-state index in [1.165, 1.54) is 19.2 Å². The number of ether oxygens (including phenoxy) is 1. The number of halogens is 3. The molecule has 1 saturated heterocycles. The smallest absolute Gasteiger partial charge is 0.300 e. The SMILES string of the molecule is COc1ccc(F)cc1/C(O)=C1\C(=O)C(=O)N(c2ccc(F)c(F)c2)C1c1cccc2ccccc12. The Bertz CT molecular complexity index is 1580. The molecular formula is C28H18F3NO4. The van der Waals surface area contributed by atoms with Crippen molar-refractivity contribution in [1.82, 2.24) is 0 Å². The molecule has 0 aromatic heterocycles. The molecule has 0 radical (unpaired) electrons. The van der Waals surface area contributed by atoms with E-state index < -0.39 is 40.9 Å². The second-order valence-electron chi connectivity index (χ2n) is 8.18. The highest BCUT2D eigenvalue weighted by atomic mass is 19.2. The lowest BCUT2D eigenvalue weighted by molar-refractivity contribution is -0.132. The van der Waals surface area contributed by atoms with Crippen molar-refractivity contribution >= 4 is 33.9 Å². The molecule has 1 aliphatic rings. The summed E-state index contributed by atoms with van der Waals surface area (Å²) in [6.07, 6.45) is 0. The number of carbonyl (C=O) groups excluding carboxylic acids is 2. The topological polar surface area (TPSA) is 66.8 Å². The van der Waals surface area contributed by atoms with Crippen molar-refractivity contribution in [3.05, 3.63) is 113 Å². The largest absolute Gasteiger partial charge is 0.507 e. The number of hydrogen-bond donors (Lipinski definition) is 1. The van der Waals surface area contributed by atoms with Crippen LogP contribution in [0.2, 0.25) is 0 Å². The molecule has 8 heteroatoms. The third-order valence-electron chi connectivity index (χ3n) is 6.16. The van der Waals surface area contributed by atoms with E-state index in [9.17, 15) is 27.9 Å². The summed E-state index contributed by atoms with van der Waals surface area (Å²) < 4.78 is 47.2. The lowest BCUT2D eigenvalue weighted by Gasteiger charge is -2.26. The number of amides is 1. The zero-order valence-corrected chi connectivity index (χ0v) is 18.8. The Kier molecular flexibility index (Phi) is 5.72. The highest BCUT2D eigenvalue weighted by Crippen LogP contribution is 2.45. The molecule has 180 valence electrons. The van der Waals surface area contributed by atoms with Gasteiger partial charge in [-0.25, -0.2) is 13.2 Å². The fourth-order valence-electron chi connectivity index (χ4n) is 4.53. The molecule has 1 heterocycles. The van der Waals surface area contributed by atoms with Crippen LogP contribution < -0.4 is 9.64 Å². The zero-order valence-electron chi connectivity index (χ0n) is 18.8. The number of nitrogens with zero attached hydrogens (tertiary/aromatic N) is 1. The average molecular weight is 489 g/mol. The van der Waals surface area contributed by atoms with Crippen LogP contribution >= 0.6 is 0 Å². The summed E-state index contributed by atoms with van der Waals surface area (Å²) >= 11 is 0. The van der Waals surface area contributed by atoms with Gasteiger partial charge in [0.25, 0.3) is 11.7 Å². The van der Waals surface area contributed by atoms with Crippen molar-refractivity contribution in [2.24, 2.45) is 0 Å². The minimum absolute atomic E-state index is 0.0737. The van der Waals surface area contributed by atoms with Gasteiger partial charge < -0.3 is 9.84 Å². The summed E-state index contributed by atoms with van der Waals surface area (Å²) in [6, 6.07) is 17.4. The Morgan fingerprint density at radius 2 is 1.64 bits per heavy atom. The monoisotopic (exact) mass is 489 g/mol. The van der Waals surface area contributed by atoms with Gasteiger partial charge in [-0.3, -0.25) is 14.5 Å². The summed E-state index contributed by atoms with van der Waals surface area (Å²) in [4.78, 5) is 27.7. The van der Waals surface area contributed by atoms with Crippen molar-refractivity contribution in [3.8, 4) is 5.75 Å². The number of aliphatic hydroxyl groups excluding tert-OH is 1.